The van der Waals surface area contributed by atoms with E-state index in [-0.39, 0.29) is 0 Å². The molecule has 2 N–H and O–H groups in total. The van der Waals surface area contributed by atoms with Crippen molar-refractivity contribution in [1.82, 2.24) is 5.32 Å². The van der Waals surface area contributed by atoms with Crippen LogP contribution in [0.4, 0.5) is 0 Å². The van der Waals surface area contributed by atoms with Crippen LogP contribution >= 0.6 is 11.3 Å². The monoisotopic (exact) mass is 289 g/mol. The first kappa shape index (κ1) is 14.1. The second-order valence-electron chi connectivity index (χ2n) is 6.12. The smallest absolute Gasteiger partial charge is 0.0771 e. The highest BCUT2D eigenvalue weighted by Crippen LogP contribution is 2.35. The largest absolute Gasteiger partial charge is 0.389 e. The summed E-state index contributed by atoms with van der Waals surface area (Å²) in [5.41, 5.74) is 0.905. The van der Waals surface area contributed by atoms with Crippen molar-refractivity contribution >= 4 is 21.4 Å². The molecule has 0 radical (unpaired) electrons. The van der Waals surface area contributed by atoms with Crippen molar-refractivity contribution in [1.29, 1.82) is 0 Å². The Bertz CT molecular complexity index is 598. The molecule has 1 fully saturated rings. The van der Waals surface area contributed by atoms with Crippen LogP contribution in [0.5, 0.6) is 0 Å². The van der Waals surface area contributed by atoms with Crippen LogP contribution in [-0.2, 0) is 0 Å². The van der Waals surface area contributed by atoms with Gasteiger partial charge in [-0.25, -0.2) is 0 Å². The molecule has 108 valence electrons. The van der Waals surface area contributed by atoms with Crippen LogP contribution in [0.1, 0.15) is 49.1 Å². The summed E-state index contributed by atoms with van der Waals surface area (Å²) in [5.74, 6) is 0. The fraction of sp³-hybridized carbons (Fsp3) is 0.529. The van der Waals surface area contributed by atoms with Crippen LogP contribution in [0, 0.1) is 6.92 Å². The molecule has 3 heteroatoms. The highest BCUT2D eigenvalue weighted by Gasteiger charge is 2.31. The van der Waals surface area contributed by atoms with Crippen LogP contribution in [0.2, 0.25) is 0 Å². The number of rotatable bonds is 4. The van der Waals surface area contributed by atoms with Gasteiger partial charge in [-0.2, -0.15) is 0 Å². The van der Waals surface area contributed by atoms with E-state index in [1.165, 1.54) is 20.5 Å². The predicted molar refractivity (Wildman–Crippen MR) is 86.4 cm³/mol. The van der Waals surface area contributed by atoms with Gasteiger partial charge in [0.15, 0.2) is 0 Å². The molecule has 1 aromatic heterocycles. The molecule has 2 nitrogen and oxygen atoms in total. The van der Waals surface area contributed by atoms with E-state index in [1.54, 1.807) is 0 Å². The lowest BCUT2D eigenvalue weighted by molar-refractivity contribution is 0.0454. The number of aryl methyl sites for hydroxylation is 1. The summed E-state index contributed by atoms with van der Waals surface area (Å²) in [5, 5.41) is 15.3. The number of nitrogens with one attached hydrogen (secondary N) is 1. The molecule has 1 aliphatic rings. The standard InChI is InChI=1S/C17H23NOS/c1-12-14-7-3-4-8-15(14)20-16(12)13(2)18-11-17(19)9-5-6-10-17/h3-4,7-8,13,18-19H,5-6,9-11H2,1-2H3. The molecule has 0 saturated heterocycles. The zero-order chi connectivity index (χ0) is 14.2. The van der Waals surface area contributed by atoms with Crippen LogP contribution in [0.15, 0.2) is 24.3 Å². The first-order chi connectivity index (χ1) is 9.59. The summed E-state index contributed by atoms with van der Waals surface area (Å²) in [6.45, 7) is 5.12. The lowest BCUT2D eigenvalue weighted by atomic mass is 10.0. The van der Waals surface area contributed by atoms with E-state index in [2.05, 4.69) is 43.4 Å². The van der Waals surface area contributed by atoms with E-state index in [0.29, 0.717) is 12.6 Å². The zero-order valence-corrected chi connectivity index (χ0v) is 13.1. The molecule has 2 aromatic rings. The van der Waals surface area contributed by atoms with Gasteiger partial charge in [-0.05, 0) is 43.7 Å². The van der Waals surface area contributed by atoms with E-state index in [1.807, 2.05) is 11.3 Å². The lowest BCUT2D eigenvalue weighted by Crippen LogP contribution is -2.38. The number of aliphatic hydroxyl groups is 1. The molecule has 3 rings (SSSR count). The summed E-state index contributed by atoms with van der Waals surface area (Å²) < 4.78 is 1.35. The Morgan fingerprint density at radius 3 is 2.70 bits per heavy atom. The number of hydrogen-bond acceptors (Lipinski definition) is 3. The number of hydrogen-bond donors (Lipinski definition) is 2. The van der Waals surface area contributed by atoms with Gasteiger partial charge in [-0.3, -0.25) is 0 Å². The van der Waals surface area contributed by atoms with Crippen molar-refractivity contribution < 1.29 is 5.11 Å². The maximum atomic E-state index is 10.4. The van der Waals surface area contributed by atoms with Crippen LogP contribution in [0.25, 0.3) is 10.1 Å². The maximum Gasteiger partial charge on any atom is 0.0771 e. The molecule has 1 heterocycles. The second-order valence-corrected chi connectivity index (χ2v) is 7.21. The second kappa shape index (κ2) is 5.47. The van der Waals surface area contributed by atoms with Crippen LogP contribution in [-0.4, -0.2) is 17.3 Å². The third kappa shape index (κ3) is 2.62. The number of thiophene rings is 1. The van der Waals surface area contributed by atoms with Gasteiger partial charge in [0.25, 0.3) is 0 Å². The van der Waals surface area contributed by atoms with E-state index < -0.39 is 5.60 Å². The van der Waals surface area contributed by atoms with Crippen LogP contribution < -0.4 is 5.32 Å². The highest BCUT2D eigenvalue weighted by molar-refractivity contribution is 7.19. The van der Waals surface area contributed by atoms with Gasteiger partial charge in [-0.1, -0.05) is 31.0 Å². The minimum absolute atomic E-state index is 0.303. The average Bonchev–Trinajstić information content (AvgIpc) is 3.02. The summed E-state index contributed by atoms with van der Waals surface area (Å²) in [6.07, 6.45) is 4.21. The predicted octanol–water partition coefficient (Wildman–Crippen LogP) is 4.17. The molecule has 0 aliphatic heterocycles. The van der Waals surface area contributed by atoms with Gasteiger partial charge < -0.3 is 10.4 Å². The van der Waals surface area contributed by atoms with Gasteiger partial charge in [0.2, 0.25) is 0 Å². The average molecular weight is 289 g/mol. The quantitative estimate of drug-likeness (QED) is 0.885. The lowest BCUT2D eigenvalue weighted by Gasteiger charge is -2.25. The summed E-state index contributed by atoms with van der Waals surface area (Å²) in [6, 6.07) is 8.89. The summed E-state index contributed by atoms with van der Waals surface area (Å²) in [7, 11) is 0. The third-order valence-corrected chi connectivity index (χ3v) is 6.00. The Labute approximate surface area is 124 Å². The van der Waals surface area contributed by atoms with Gasteiger partial charge >= 0.3 is 0 Å². The van der Waals surface area contributed by atoms with Gasteiger partial charge in [-0.15, -0.1) is 11.3 Å². The molecule has 0 spiro atoms. The summed E-state index contributed by atoms with van der Waals surface area (Å²) in [4.78, 5) is 1.40. The fourth-order valence-corrected chi connectivity index (χ4v) is 4.49. The molecular weight excluding hydrogens is 266 g/mol. The molecule has 0 amide bonds. The Hall–Kier alpha value is -0.900. The molecule has 1 aliphatic carbocycles. The van der Waals surface area contributed by atoms with Crippen molar-refractivity contribution in [3.05, 3.63) is 34.7 Å². The van der Waals surface area contributed by atoms with Gasteiger partial charge in [0.05, 0.1) is 5.60 Å². The first-order valence-electron chi connectivity index (χ1n) is 7.53. The molecule has 0 bridgehead atoms. The molecule has 1 atom stereocenters. The van der Waals surface area contributed by atoms with Crippen LogP contribution in [0.3, 0.4) is 0 Å². The minimum atomic E-state index is -0.473. The number of benzene rings is 1. The van der Waals surface area contributed by atoms with Gasteiger partial charge in [0.1, 0.15) is 0 Å². The van der Waals surface area contributed by atoms with Gasteiger partial charge in [0, 0.05) is 22.2 Å². The summed E-state index contributed by atoms with van der Waals surface area (Å²) >= 11 is 1.87. The maximum absolute atomic E-state index is 10.4. The Kier molecular flexibility index (Phi) is 3.85. The van der Waals surface area contributed by atoms with E-state index in [9.17, 15) is 5.11 Å². The molecule has 1 aromatic carbocycles. The van der Waals surface area contributed by atoms with Crippen molar-refractivity contribution in [2.75, 3.05) is 6.54 Å². The van der Waals surface area contributed by atoms with Crippen molar-refractivity contribution in [2.24, 2.45) is 0 Å². The third-order valence-electron chi connectivity index (χ3n) is 4.55. The first-order valence-corrected chi connectivity index (χ1v) is 8.34. The molecule has 1 unspecified atom stereocenters. The van der Waals surface area contributed by atoms with Crippen molar-refractivity contribution in [2.45, 2.75) is 51.2 Å². The molecule has 1 saturated carbocycles. The Balaban J connectivity index is 1.75. The number of fused-ring (bicyclic) bond motifs is 1. The Morgan fingerprint density at radius 1 is 1.30 bits per heavy atom. The van der Waals surface area contributed by atoms with E-state index >= 15 is 0 Å². The minimum Gasteiger partial charge on any atom is -0.389 e. The van der Waals surface area contributed by atoms with E-state index in [0.717, 1.165) is 25.7 Å². The fourth-order valence-electron chi connectivity index (χ4n) is 3.25. The topological polar surface area (TPSA) is 32.3 Å². The van der Waals surface area contributed by atoms with E-state index in [4.69, 9.17) is 0 Å². The molecule has 20 heavy (non-hydrogen) atoms. The zero-order valence-electron chi connectivity index (χ0n) is 12.3. The molecular formula is C17H23NOS. The van der Waals surface area contributed by atoms with Crippen molar-refractivity contribution in [3.63, 3.8) is 0 Å². The highest BCUT2D eigenvalue weighted by atomic mass is 32.1. The Morgan fingerprint density at radius 2 is 2.00 bits per heavy atom. The SMILES string of the molecule is Cc1c(C(C)NCC2(O)CCCC2)sc2ccccc12. The van der Waals surface area contributed by atoms with Crippen molar-refractivity contribution in [3.8, 4) is 0 Å². The normalized spacial score (nSPS) is 19.6.